The molecule has 0 aliphatic heterocycles. The van der Waals surface area contributed by atoms with Crippen LogP contribution in [0, 0.1) is 5.82 Å². The van der Waals surface area contributed by atoms with Crippen molar-refractivity contribution in [3.8, 4) is 11.5 Å². The van der Waals surface area contributed by atoms with Crippen molar-refractivity contribution >= 4 is 12.4 Å². The van der Waals surface area contributed by atoms with Crippen molar-refractivity contribution in [2.24, 2.45) is 0 Å². The summed E-state index contributed by atoms with van der Waals surface area (Å²) in [6.07, 6.45) is 7.94. The lowest BCUT2D eigenvalue weighted by atomic mass is 10.1. The molecule has 1 N–H and O–H groups in total. The standard InChI is InChI=1S/C22H28FNO2.ClH/c1-25-22-14-18(15-24-20-6-4-2-3-5-7-20)10-13-21(22)26-16-17-8-11-19(23)12-9-17;/h8-14,20,24H,2-7,15-16H2,1H3;1H. The molecular weight excluding hydrogens is 365 g/mol. The molecule has 0 spiro atoms. The van der Waals surface area contributed by atoms with Crippen LogP contribution in [0.15, 0.2) is 42.5 Å². The Kier molecular flexibility index (Phi) is 8.89. The van der Waals surface area contributed by atoms with Gasteiger partial charge in [-0.05, 0) is 48.2 Å². The van der Waals surface area contributed by atoms with Gasteiger partial charge in [-0.15, -0.1) is 12.4 Å². The third-order valence-corrected chi connectivity index (χ3v) is 4.99. The molecule has 0 saturated heterocycles. The minimum absolute atomic E-state index is 0. The van der Waals surface area contributed by atoms with E-state index < -0.39 is 0 Å². The van der Waals surface area contributed by atoms with E-state index >= 15 is 0 Å². The summed E-state index contributed by atoms with van der Waals surface area (Å²) < 4.78 is 24.3. The SMILES string of the molecule is COc1cc(CNC2CCCCCC2)ccc1OCc1ccc(F)cc1.Cl. The van der Waals surface area contributed by atoms with Crippen molar-refractivity contribution < 1.29 is 13.9 Å². The second-order valence-electron chi connectivity index (χ2n) is 6.97. The fourth-order valence-corrected chi connectivity index (χ4v) is 3.43. The van der Waals surface area contributed by atoms with Gasteiger partial charge in [0.15, 0.2) is 11.5 Å². The van der Waals surface area contributed by atoms with E-state index in [-0.39, 0.29) is 18.2 Å². The quantitative estimate of drug-likeness (QED) is 0.617. The lowest BCUT2D eigenvalue weighted by Gasteiger charge is -2.17. The van der Waals surface area contributed by atoms with Crippen molar-refractivity contribution in [1.29, 1.82) is 0 Å². The minimum Gasteiger partial charge on any atom is -0.493 e. The highest BCUT2D eigenvalue weighted by Gasteiger charge is 2.12. The summed E-state index contributed by atoms with van der Waals surface area (Å²) in [6.45, 7) is 1.23. The van der Waals surface area contributed by atoms with Gasteiger partial charge in [-0.2, -0.15) is 0 Å². The van der Waals surface area contributed by atoms with Crippen LogP contribution in [0.2, 0.25) is 0 Å². The first-order chi connectivity index (χ1) is 12.7. The summed E-state index contributed by atoms with van der Waals surface area (Å²) in [5.74, 6) is 1.19. The predicted molar refractivity (Wildman–Crippen MR) is 109 cm³/mol. The molecule has 0 bridgehead atoms. The maximum Gasteiger partial charge on any atom is 0.161 e. The van der Waals surface area contributed by atoms with Crippen LogP contribution in [-0.2, 0) is 13.2 Å². The normalized spacial score (nSPS) is 14.9. The van der Waals surface area contributed by atoms with Crippen LogP contribution in [0.5, 0.6) is 11.5 Å². The number of benzene rings is 2. The van der Waals surface area contributed by atoms with Crippen LogP contribution in [0.3, 0.4) is 0 Å². The average molecular weight is 394 g/mol. The number of hydrogen-bond donors (Lipinski definition) is 1. The van der Waals surface area contributed by atoms with Crippen LogP contribution < -0.4 is 14.8 Å². The first kappa shape index (κ1) is 21.5. The molecule has 5 heteroatoms. The topological polar surface area (TPSA) is 30.5 Å². The Morgan fingerprint density at radius 1 is 0.926 bits per heavy atom. The molecule has 1 fully saturated rings. The predicted octanol–water partition coefficient (Wildman–Crippen LogP) is 5.65. The highest BCUT2D eigenvalue weighted by molar-refractivity contribution is 5.85. The molecule has 2 aromatic rings. The van der Waals surface area contributed by atoms with Gasteiger partial charge in [-0.3, -0.25) is 0 Å². The van der Waals surface area contributed by atoms with Gasteiger partial charge in [0.2, 0.25) is 0 Å². The highest BCUT2D eigenvalue weighted by atomic mass is 35.5. The van der Waals surface area contributed by atoms with Gasteiger partial charge in [0.1, 0.15) is 12.4 Å². The Morgan fingerprint density at radius 2 is 1.59 bits per heavy atom. The first-order valence-corrected chi connectivity index (χ1v) is 9.52. The Morgan fingerprint density at radius 3 is 2.26 bits per heavy atom. The Hall–Kier alpha value is -1.78. The summed E-state index contributed by atoms with van der Waals surface area (Å²) in [5, 5.41) is 3.68. The summed E-state index contributed by atoms with van der Waals surface area (Å²) in [7, 11) is 1.66. The molecule has 2 aromatic carbocycles. The van der Waals surface area contributed by atoms with Crippen molar-refractivity contribution in [1.82, 2.24) is 5.32 Å². The lowest BCUT2D eigenvalue weighted by Crippen LogP contribution is -2.27. The number of nitrogens with one attached hydrogen (secondary N) is 1. The fraction of sp³-hybridized carbons (Fsp3) is 0.455. The van der Waals surface area contributed by atoms with Gasteiger partial charge in [-0.1, -0.05) is 43.9 Å². The molecule has 1 aliphatic rings. The molecule has 0 radical (unpaired) electrons. The van der Waals surface area contributed by atoms with E-state index in [4.69, 9.17) is 9.47 Å². The van der Waals surface area contributed by atoms with Crippen molar-refractivity contribution in [2.75, 3.05) is 7.11 Å². The Bertz CT molecular complexity index is 685. The number of halogens is 2. The van der Waals surface area contributed by atoms with Gasteiger partial charge in [0.05, 0.1) is 7.11 Å². The molecular formula is C22H29ClFNO2. The van der Waals surface area contributed by atoms with E-state index in [1.54, 1.807) is 19.2 Å². The van der Waals surface area contributed by atoms with Gasteiger partial charge >= 0.3 is 0 Å². The molecule has 148 valence electrons. The van der Waals surface area contributed by atoms with Gasteiger partial charge in [0, 0.05) is 12.6 Å². The largest absolute Gasteiger partial charge is 0.493 e. The molecule has 27 heavy (non-hydrogen) atoms. The molecule has 3 rings (SSSR count). The zero-order valence-corrected chi connectivity index (χ0v) is 16.7. The number of rotatable bonds is 7. The highest BCUT2D eigenvalue weighted by Crippen LogP contribution is 2.29. The maximum absolute atomic E-state index is 13.0. The molecule has 1 saturated carbocycles. The van der Waals surface area contributed by atoms with Crippen LogP contribution >= 0.6 is 12.4 Å². The number of hydrogen-bond acceptors (Lipinski definition) is 3. The summed E-state index contributed by atoms with van der Waals surface area (Å²) in [4.78, 5) is 0. The third kappa shape index (κ3) is 6.71. The first-order valence-electron chi connectivity index (χ1n) is 9.52. The molecule has 0 unspecified atom stereocenters. The number of ether oxygens (including phenoxy) is 2. The number of methoxy groups -OCH3 is 1. The molecule has 0 amide bonds. The Labute approximate surface area is 167 Å². The smallest absolute Gasteiger partial charge is 0.161 e. The summed E-state index contributed by atoms with van der Waals surface area (Å²) in [5.41, 5.74) is 2.12. The minimum atomic E-state index is -0.239. The second kappa shape index (κ2) is 11.2. The van der Waals surface area contributed by atoms with E-state index in [0.717, 1.165) is 17.9 Å². The van der Waals surface area contributed by atoms with E-state index in [9.17, 15) is 4.39 Å². The van der Waals surface area contributed by atoms with Gasteiger partial charge in [0.25, 0.3) is 0 Å². The second-order valence-corrected chi connectivity index (χ2v) is 6.97. The van der Waals surface area contributed by atoms with Crippen molar-refractivity contribution in [3.05, 3.63) is 59.4 Å². The van der Waals surface area contributed by atoms with Crippen LogP contribution in [0.4, 0.5) is 4.39 Å². The van der Waals surface area contributed by atoms with Gasteiger partial charge < -0.3 is 14.8 Å². The monoisotopic (exact) mass is 393 g/mol. The van der Waals surface area contributed by atoms with Crippen molar-refractivity contribution in [2.45, 2.75) is 57.7 Å². The van der Waals surface area contributed by atoms with Gasteiger partial charge in [-0.25, -0.2) is 4.39 Å². The van der Waals surface area contributed by atoms with E-state index in [0.29, 0.717) is 18.4 Å². The molecule has 0 atom stereocenters. The summed E-state index contributed by atoms with van der Waals surface area (Å²) >= 11 is 0. The molecule has 0 aromatic heterocycles. The van der Waals surface area contributed by atoms with E-state index in [1.165, 1.54) is 56.2 Å². The van der Waals surface area contributed by atoms with Crippen LogP contribution in [0.1, 0.15) is 49.7 Å². The molecule has 1 aliphatic carbocycles. The fourth-order valence-electron chi connectivity index (χ4n) is 3.43. The van der Waals surface area contributed by atoms with Crippen molar-refractivity contribution in [3.63, 3.8) is 0 Å². The summed E-state index contributed by atoms with van der Waals surface area (Å²) in [6, 6.07) is 13.0. The molecule has 0 heterocycles. The maximum atomic E-state index is 13.0. The zero-order valence-electron chi connectivity index (χ0n) is 15.9. The third-order valence-electron chi connectivity index (χ3n) is 4.99. The van der Waals surface area contributed by atoms with E-state index in [1.807, 2.05) is 12.1 Å². The average Bonchev–Trinajstić information content (AvgIpc) is 2.95. The lowest BCUT2D eigenvalue weighted by molar-refractivity contribution is 0.284. The molecule has 3 nitrogen and oxygen atoms in total. The zero-order chi connectivity index (χ0) is 18.2. The van der Waals surface area contributed by atoms with Crippen LogP contribution in [-0.4, -0.2) is 13.2 Å². The van der Waals surface area contributed by atoms with E-state index in [2.05, 4.69) is 11.4 Å². The Balaban J connectivity index is 0.00000261. The van der Waals surface area contributed by atoms with Crippen LogP contribution in [0.25, 0.3) is 0 Å².